The average Bonchev–Trinajstić information content (AvgIpc) is 2.96. The van der Waals surface area contributed by atoms with Crippen LogP contribution in [0.4, 0.5) is 0 Å². The first-order chi connectivity index (χ1) is 10.1. The molecule has 1 aromatic heterocycles. The first-order valence-electron chi connectivity index (χ1n) is 7.31. The molecular formula is C16H19N3O2. The molecule has 2 amide bonds. The number of aromatic nitrogens is 1. The van der Waals surface area contributed by atoms with E-state index in [4.69, 9.17) is 5.73 Å². The molecule has 21 heavy (non-hydrogen) atoms. The van der Waals surface area contributed by atoms with E-state index in [9.17, 15) is 9.59 Å². The molecule has 1 aliphatic carbocycles. The molecule has 1 saturated carbocycles. The van der Waals surface area contributed by atoms with Gasteiger partial charge in [-0.05, 0) is 37.8 Å². The third kappa shape index (κ3) is 2.77. The van der Waals surface area contributed by atoms with Crippen molar-refractivity contribution in [1.82, 2.24) is 10.3 Å². The number of H-pyrrole nitrogens is 1. The number of carbonyl (C=O) groups excluding carboxylic acids is 2. The van der Waals surface area contributed by atoms with Gasteiger partial charge in [0, 0.05) is 23.5 Å². The molecule has 1 fully saturated rings. The van der Waals surface area contributed by atoms with E-state index in [1.807, 2.05) is 30.5 Å². The summed E-state index contributed by atoms with van der Waals surface area (Å²) in [5, 5.41) is 4.09. The number of carbonyl (C=O) groups is 2. The summed E-state index contributed by atoms with van der Waals surface area (Å²) in [6.07, 6.45) is 4.96. The van der Waals surface area contributed by atoms with Crippen LogP contribution in [0.25, 0.3) is 10.9 Å². The largest absolute Gasteiger partial charge is 0.369 e. The predicted octanol–water partition coefficient (Wildman–Crippen LogP) is 1.94. The minimum atomic E-state index is -0.226. The van der Waals surface area contributed by atoms with Crippen molar-refractivity contribution in [1.29, 1.82) is 0 Å². The van der Waals surface area contributed by atoms with E-state index in [0.29, 0.717) is 5.56 Å². The zero-order chi connectivity index (χ0) is 14.8. The van der Waals surface area contributed by atoms with E-state index in [2.05, 4.69) is 10.3 Å². The summed E-state index contributed by atoms with van der Waals surface area (Å²) in [5.41, 5.74) is 6.85. The highest BCUT2D eigenvalue weighted by Gasteiger charge is 2.26. The molecule has 3 rings (SSSR count). The maximum absolute atomic E-state index is 12.4. The lowest BCUT2D eigenvalue weighted by atomic mass is 9.85. The normalized spacial score (nSPS) is 22.1. The summed E-state index contributed by atoms with van der Waals surface area (Å²) in [4.78, 5) is 26.7. The van der Waals surface area contributed by atoms with Crippen LogP contribution in [0.15, 0.2) is 30.5 Å². The fourth-order valence-corrected chi connectivity index (χ4v) is 3.06. The molecular weight excluding hydrogens is 266 g/mol. The number of rotatable bonds is 3. The molecule has 1 aliphatic rings. The van der Waals surface area contributed by atoms with Crippen molar-refractivity contribution in [3.63, 3.8) is 0 Å². The summed E-state index contributed by atoms with van der Waals surface area (Å²) in [6.45, 7) is 0. The van der Waals surface area contributed by atoms with Crippen LogP contribution >= 0.6 is 0 Å². The molecule has 0 unspecified atom stereocenters. The maximum atomic E-state index is 12.4. The fraction of sp³-hybridized carbons (Fsp3) is 0.375. The van der Waals surface area contributed by atoms with Crippen molar-refractivity contribution < 1.29 is 9.59 Å². The van der Waals surface area contributed by atoms with Gasteiger partial charge in [-0.15, -0.1) is 0 Å². The zero-order valence-electron chi connectivity index (χ0n) is 11.8. The summed E-state index contributed by atoms with van der Waals surface area (Å²) in [5.74, 6) is -0.327. The number of primary amides is 1. The monoisotopic (exact) mass is 285 g/mol. The molecule has 0 spiro atoms. The summed E-state index contributed by atoms with van der Waals surface area (Å²) < 4.78 is 0. The van der Waals surface area contributed by atoms with Gasteiger partial charge < -0.3 is 16.0 Å². The number of fused-ring (bicyclic) bond motifs is 1. The van der Waals surface area contributed by atoms with Crippen LogP contribution < -0.4 is 11.1 Å². The second-order valence-electron chi connectivity index (χ2n) is 5.67. The molecule has 0 saturated heterocycles. The van der Waals surface area contributed by atoms with Gasteiger partial charge >= 0.3 is 0 Å². The van der Waals surface area contributed by atoms with Crippen molar-refractivity contribution in [2.45, 2.75) is 31.7 Å². The molecule has 4 N–H and O–H groups in total. The van der Waals surface area contributed by atoms with E-state index in [0.717, 1.165) is 36.6 Å². The van der Waals surface area contributed by atoms with Crippen LogP contribution in [0.5, 0.6) is 0 Å². The molecule has 0 radical (unpaired) electrons. The highest BCUT2D eigenvalue weighted by molar-refractivity contribution is 6.05. The van der Waals surface area contributed by atoms with Crippen LogP contribution in [0, 0.1) is 5.92 Å². The minimum Gasteiger partial charge on any atom is -0.369 e. The van der Waals surface area contributed by atoms with Crippen molar-refractivity contribution in [2.24, 2.45) is 11.7 Å². The fourth-order valence-electron chi connectivity index (χ4n) is 3.06. The van der Waals surface area contributed by atoms with E-state index in [1.165, 1.54) is 0 Å². The Labute approximate surface area is 122 Å². The van der Waals surface area contributed by atoms with Crippen LogP contribution in [-0.2, 0) is 4.79 Å². The number of hydrogen-bond acceptors (Lipinski definition) is 2. The third-order valence-electron chi connectivity index (χ3n) is 4.30. The van der Waals surface area contributed by atoms with Crippen molar-refractivity contribution in [2.75, 3.05) is 0 Å². The molecule has 5 nitrogen and oxygen atoms in total. The number of benzene rings is 1. The molecule has 110 valence electrons. The van der Waals surface area contributed by atoms with E-state index >= 15 is 0 Å². The van der Waals surface area contributed by atoms with Gasteiger partial charge in [-0.2, -0.15) is 0 Å². The van der Waals surface area contributed by atoms with Crippen LogP contribution in [0.2, 0.25) is 0 Å². The average molecular weight is 285 g/mol. The lowest BCUT2D eigenvalue weighted by molar-refractivity contribution is -0.122. The Morgan fingerprint density at radius 1 is 1.14 bits per heavy atom. The van der Waals surface area contributed by atoms with E-state index in [1.54, 1.807) is 0 Å². The Hall–Kier alpha value is -2.30. The number of amides is 2. The number of nitrogens with two attached hydrogens (primary N) is 1. The number of aromatic amines is 1. The standard InChI is InChI=1S/C16H19N3O2/c17-15(20)11-4-6-12(7-5-11)19-16(21)13-3-1-2-10-8-9-18-14(10)13/h1-3,8-9,11-12,18H,4-7H2,(H2,17,20)(H,19,21). The third-order valence-corrected chi connectivity index (χ3v) is 4.30. The van der Waals surface area contributed by atoms with Crippen molar-refractivity contribution in [3.05, 3.63) is 36.0 Å². The number of hydrogen-bond donors (Lipinski definition) is 3. The van der Waals surface area contributed by atoms with Gasteiger partial charge in [0.2, 0.25) is 5.91 Å². The SMILES string of the molecule is NC(=O)C1CCC(NC(=O)c2cccc3cc[nH]c23)CC1. The highest BCUT2D eigenvalue weighted by Crippen LogP contribution is 2.24. The lowest BCUT2D eigenvalue weighted by Gasteiger charge is -2.27. The molecule has 5 heteroatoms. The van der Waals surface area contributed by atoms with Crippen molar-refractivity contribution in [3.8, 4) is 0 Å². The topological polar surface area (TPSA) is 88.0 Å². The van der Waals surface area contributed by atoms with Gasteiger partial charge in [0.15, 0.2) is 0 Å². The summed E-state index contributed by atoms with van der Waals surface area (Å²) in [7, 11) is 0. The maximum Gasteiger partial charge on any atom is 0.253 e. The lowest BCUT2D eigenvalue weighted by Crippen LogP contribution is -2.39. The van der Waals surface area contributed by atoms with E-state index in [-0.39, 0.29) is 23.8 Å². The van der Waals surface area contributed by atoms with Gasteiger partial charge in [0.1, 0.15) is 0 Å². The molecule has 1 heterocycles. The highest BCUT2D eigenvalue weighted by atomic mass is 16.2. The second-order valence-corrected chi connectivity index (χ2v) is 5.67. The Morgan fingerprint density at radius 3 is 2.62 bits per heavy atom. The Bertz CT molecular complexity index is 669. The van der Waals surface area contributed by atoms with Gasteiger partial charge in [-0.1, -0.05) is 12.1 Å². The van der Waals surface area contributed by atoms with E-state index < -0.39 is 0 Å². The quantitative estimate of drug-likeness (QED) is 0.804. The number of para-hydroxylation sites is 1. The zero-order valence-corrected chi connectivity index (χ0v) is 11.8. The van der Waals surface area contributed by atoms with Crippen LogP contribution in [0.3, 0.4) is 0 Å². The first kappa shape index (κ1) is 13.7. The molecule has 0 bridgehead atoms. The summed E-state index contributed by atoms with van der Waals surface area (Å²) >= 11 is 0. The Kier molecular flexibility index (Phi) is 3.64. The van der Waals surface area contributed by atoms with Gasteiger partial charge in [-0.25, -0.2) is 0 Å². The smallest absolute Gasteiger partial charge is 0.253 e. The van der Waals surface area contributed by atoms with Gasteiger partial charge in [0.25, 0.3) is 5.91 Å². The molecule has 2 aromatic rings. The molecule has 1 aromatic carbocycles. The summed E-state index contributed by atoms with van der Waals surface area (Å²) in [6, 6.07) is 7.75. The predicted molar refractivity (Wildman–Crippen MR) is 80.7 cm³/mol. The van der Waals surface area contributed by atoms with Crippen LogP contribution in [0.1, 0.15) is 36.0 Å². The van der Waals surface area contributed by atoms with Crippen LogP contribution in [-0.4, -0.2) is 22.8 Å². The van der Waals surface area contributed by atoms with Gasteiger partial charge in [-0.3, -0.25) is 9.59 Å². The Balaban J connectivity index is 1.67. The Morgan fingerprint density at radius 2 is 1.90 bits per heavy atom. The van der Waals surface area contributed by atoms with Gasteiger partial charge in [0.05, 0.1) is 11.1 Å². The first-order valence-corrected chi connectivity index (χ1v) is 7.31. The molecule has 0 atom stereocenters. The van der Waals surface area contributed by atoms with Crippen molar-refractivity contribution >= 4 is 22.7 Å². The number of nitrogens with one attached hydrogen (secondary N) is 2. The minimum absolute atomic E-state index is 0.0370. The second kappa shape index (κ2) is 5.60. The molecule has 0 aliphatic heterocycles.